The number of thioether (sulfide) groups is 1. The zero-order valence-corrected chi connectivity index (χ0v) is 18.2. The molecule has 0 saturated carbocycles. The number of nitrogens with one attached hydrogen (secondary N) is 2. The van der Waals surface area contributed by atoms with E-state index >= 15 is 0 Å². The van der Waals surface area contributed by atoms with Gasteiger partial charge in [-0.2, -0.15) is 13.2 Å². The molecule has 176 valence electrons. The zero-order valence-electron chi connectivity index (χ0n) is 17.4. The number of carbonyl (C=O) groups excluding carboxylic acids is 2. The largest absolute Gasteiger partial charge is 0.416 e. The summed E-state index contributed by atoms with van der Waals surface area (Å²) in [6.45, 7) is 0. The van der Waals surface area contributed by atoms with Crippen LogP contribution < -0.4 is 10.6 Å². The molecule has 0 aromatic heterocycles. The molecule has 0 spiro atoms. The molecule has 3 aromatic carbocycles. The van der Waals surface area contributed by atoms with Crippen LogP contribution in [0.4, 0.5) is 24.5 Å². The molecule has 0 aliphatic rings. The van der Waals surface area contributed by atoms with E-state index in [9.17, 15) is 32.9 Å². The highest BCUT2D eigenvalue weighted by Gasteiger charge is 2.33. The highest BCUT2D eigenvalue weighted by Crippen LogP contribution is 2.36. The minimum absolute atomic E-state index is 0.0989. The summed E-state index contributed by atoms with van der Waals surface area (Å²) in [6, 6.07) is 18.1. The molecule has 0 heterocycles. The maximum atomic E-state index is 12.9. The van der Waals surface area contributed by atoms with Crippen molar-refractivity contribution in [1.29, 1.82) is 0 Å². The molecule has 0 aliphatic heterocycles. The van der Waals surface area contributed by atoms with Gasteiger partial charge in [-0.05, 0) is 29.8 Å². The fourth-order valence-electron chi connectivity index (χ4n) is 2.99. The fourth-order valence-corrected chi connectivity index (χ4v) is 3.80. The molecule has 34 heavy (non-hydrogen) atoms. The molecule has 0 radical (unpaired) electrons. The van der Waals surface area contributed by atoms with E-state index < -0.39 is 40.2 Å². The SMILES string of the molecule is O=C(CSc1ccc(C(F)(F)F)cc1[N+](=O)[O-])NC(C(=O)Nc1ccccc1)c1ccccc1. The monoisotopic (exact) mass is 489 g/mol. The topological polar surface area (TPSA) is 101 Å². The lowest BCUT2D eigenvalue weighted by molar-refractivity contribution is -0.388. The lowest BCUT2D eigenvalue weighted by Crippen LogP contribution is -2.37. The number of amides is 2. The van der Waals surface area contributed by atoms with Gasteiger partial charge in [0.2, 0.25) is 5.91 Å². The van der Waals surface area contributed by atoms with E-state index in [0.717, 1.165) is 6.07 Å². The van der Waals surface area contributed by atoms with Crippen LogP contribution in [-0.2, 0) is 15.8 Å². The molecule has 7 nitrogen and oxygen atoms in total. The van der Waals surface area contributed by atoms with Crippen LogP contribution in [0.3, 0.4) is 0 Å². The van der Waals surface area contributed by atoms with Crippen LogP contribution in [0, 0.1) is 10.1 Å². The molecule has 0 aliphatic carbocycles. The number of rotatable bonds is 8. The smallest absolute Gasteiger partial charge is 0.340 e. The van der Waals surface area contributed by atoms with Gasteiger partial charge >= 0.3 is 6.18 Å². The third kappa shape index (κ3) is 6.58. The molecule has 1 unspecified atom stereocenters. The second kappa shape index (κ2) is 10.8. The first kappa shape index (κ1) is 24.8. The van der Waals surface area contributed by atoms with E-state index in [1.807, 2.05) is 0 Å². The molecule has 0 saturated heterocycles. The molecular weight excluding hydrogens is 471 g/mol. The van der Waals surface area contributed by atoms with Crippen molar-refractivity contribution in [1.82, 2.24) is 5.32 Å². The number of nitrogens with zero attached hydrogens (tertiary/aromatic N) is 1. The predicted molar refractivity (Wildman–Crippen MR) is 121 cm³/mol. The summed E-state index contributed by atoms with van der Waals surface area (Å²) >= 11 is 0.703. The lowest BCUT2D eigenvalue weighted by Gasteiger charge is -2.19. The third-order valence-electron chi connectivity index (χ3n) is 4.58. The van der Waals surface area contributed by atoms with Gasteiger partial charge < -0.3 is 10.6 Å². The summed E-state index contributed by atoms with van der Waals surface area (Å²) in [5.41, 5.74) is -0.879. The van der Waals surface area contributed by atoms with E-state index in [1.165, 1.54) is 0 Å². The molecule has 0 fully saturated rings. The number of nitro benzene ring substituents is 1. The maximum absolute atomic E-state index is 12.9. The van der Waals surface area contributed by atoms with Crippen LogP contribution in [0.1, 0.15) is 17.2 Å². The van der Waals surface area contributed by atoms with Crippen molar-refractivity contribution in [2.75, 3.05) is 11.1 Å². The Morgan fingerprint density at radius 2 is 1.59 bits per heavy atom. The Morgan fingerprint density at radius 3 is 2.18 bits per heavy atom. The van der Waals surface area contributed by atoms with Crippen LogP contribution in [0.2, 0.25) is 0 Å². The Morgan fingerprint density at radius 1 is 0.971 bits per heavy atom. The molecule has 3 aromatic rings. The van der Waals surface area contributed by atoms with Gasteiger partial charge in [0.25, 0.3) is 11.6 Å². The number of carbonyl (C=O) groups is 2. The normalized spacial score (nSPS) is 12.0. The van der Waals surface area contributed by atoms with Gasteiger partial charge in [-0.15, -0.1) is 11.8 Å². The minimum Gasteiger partial charge on any atom is -0.340 e. The van der Waals surface area contributed by atoms with Crippen molar-refractivity contribution < 1.29 is 27.7 Å². The zero-order chi connectivity index (χ0) is 24.7. The van der Waals surface area contributed by atoms with Crippen LogP contribution in [0.15, 0.2) is 83.8 Å². The summed E-state index contributed by atoms with van der Waals surface area (Å²) < 4.78 is 38.6. The van der Waals surface area contributed by atoms with Crippen molar-refractivity contribution in [3.8, 4) is 0 Å². The number of hydrogen-bond donors (Lipinski definition) is 2. The molecule has 1 atom stereocenters. The van der Waals surface area contributed by atoms with Gasteiger partial charge in [0.1, 0.15) is 6.04 Å². The van der Waals surface area contributed by atoms with Crippen LogP contribution in [0.25, 0.3) is 0 Å². The van der Waals surface area contributed by atoms with Gasteiger partial charge in [-0.1, -0.05) is 48.5 Å². The number of hydrogen-bond acceptors (Lipinski definition) is 5. The van der Waals surface area contributed by atoms with Gasteiger partial charge in [0.15, 0.2) is 0 Å². The summed E-state index contributed by atoms with van der Waals surface area (Å²) in [5, 5.41) is 16.5. The van der Waals surface area contributed by atoms with Crippen molar-refractivity contribution in [2.45, 2.75) is 17.1 Å². The van der Waals surface area contributed by atoms with Crippen molar-refractivity contribution in [3.05, 3.63) is 100 Å². The van der Waals surface area contributed by atoms with Gasteiger partial charge in [0, 0.05) is 11.8 Å². The number of para-hydroxylation sites is 1. The van der Waals surface area contributed by atoms with E-state index in [4.69, 9.17) is 0 Å². The Kier molecular flexibility index (Phi) is 7.90. The molecule has 2 N–H and O–H groups in total. The first-order valence-electron chi connectivity index (χ1n) is 9.84. The van der Waals surface area contributed by atoms with Gasteiger partial charge in [0.05, 0.1) is 21.1 Å². The average molecular weight is 489 g/mol. The quantitative estimate of drug-likeness (QED) is 0.257. The number of alkyl halides is 3. The highest BCUT2D eigenvalue weighted by molar-refractivity contribution is 8.00. The maximum Gasteiger partial charge on any atom is 0.416 e. The van der Waals surface area contributed by atoms with Crippen LogP contribution in [-0.4, -0.2) is 22.5 Å². The average Bonchev–Trinajstić information content (AvgIpc) is 2.81. The predicted octanol–water partition coefficient (Wildman–Crippen LogP) is 5.20. The summed E-state index contributed by atoms with van der Waals surface area (Å²) in [4.78, 5) is 35.7. The fraction of sp³-hybridized carbons (Fsp3) is 0.130. The van der Waals surface area contributed by atoms with Gasteiger partial charge in [-0.25, -0.2) is 0 Å². The number of halogens is 3. The highest BCUT2D eigenvalue weighted by atomic mass is 32.2. The standard InChI is InChI=1S/C23H18F3N3O4S/c24-23(25,26)16-11-12-19(18(13-16)29(32)33)34-14-20(30)28-21(15-7-3-1-4-8-15)22(31)27-17-9-5-2-6-10-17/h1-13,21H,14H2,(H,27,31)(H,28,30). The third-order valence-corrected chi connectivity index (χ3v) is 5.65. The second-order valence-electron chi connectivity index (χ2n) is 6.99. The van der Waals surface area contributed by atoms with E-state index in [0.29, 0.717) is 35.1 Å². The Labute approximate surface area is 196 Å². The Bertz CT molecular complexity index is 1180. The number of nitro groups is 1. The van der Waals surface area contributed by atoms with Gasteiger partial charge in [-0.3, -0.25) is 19.7 Å². The number of anilines is 1. The van der Waals surface area contributed by atoms with Crippen molar-refractivity contribution in [2.24, 2.45) is 0 Å². The molecule has 2 amide bonds. The van der Waals surface area contributed by atoms with Crippen LogP contribution >= 0.6 is 11.8 Å². The Hall–Kier alpha value is -3.86. The summed E-state index contributed by atoms with van der Waals surface area (Å²) in [7, 11) is 0. The van der Waals surface area contributed by atoms with Crippen LogP contribution in [0.5, 0.6) is 0 Å². The lowest BCUT2D eigenvalue weighted by atomic mass is 10.1. The molecule has 11 heteroatoms. The molecule has 0 bridgehead atoms. The van der Waals surface area contributed by atoms with E-state index in [1.54, 1.807) is 60.7 Å². The first-order chi connectivity index (χ1) is 16.1. The van der Waals surface area contributed by atoms with Crippen molar-refractivity contribution in [3.63, 3.8) is 0 Å². The number of benzene rings is 3. The molecular formula is C23H18F3N3O4S. The second-order valence-corrected chi connectivity index (χ2v) is 8.01. The first-order valence-corrected chi connectivity index (χ1v) is 10.8. The molecule has 3 rings (SSSR count). The summed E-state index contributed by atoms with van der Waals surface area (Å²) in [5.74, 6) is -1.48. The minimum atomic E-state index is -4.74. The Balaban J connectivity index is 1.74. The van der Waals surface area contributed by atoms with Crippen molar-refractivity contribution >= 4 is 35.0 Å². The summed E-state index contributed by atoms with van der Waals surface area (Å²) in [6.07, 6.45) is -4.74. The van der Waals surface area contributed by atoms with E-state index in [-0.39, 0.29) is 10.6 Å². The van der Waals surface area contributed by atoms with E-state index in [2.05, 4.69) is 10.6 Å².